The number of hydrogen-bond acceptors (Lipinski definition) is 3. The maximum atomic E-state index is 10.2. The fourth-order valence-electron chi connectivity index (χ4n) is 3.06. The Labute approximate surface area is 98.2 Å². The molecule has 3 N–H and O–H groups in total. The Balaban J connectivity index is 1.79. The first-order valence-corrected chi connectivity index (χ1v) is 6.83. The van der Waals surface area contributed by atoms with Crippen molar-refractivity contribution < 1.29 is 10.2 Å². The zero-order chi connectivity index (χ0) is 11.4. The van der Waals surface area contributed by atoms with E-state index in [9.17, 15) is 10.2 Å². The van der Waals surface area contributed by atoms with Crippen LogP contribution in [0.1, 0.15) is 57.8 Å². The van der Waals surface area contributed by atoms with Crippen LogP contribution in [0.4, 0.5) is 0 Å². The molecule has 0 saturated heterocycles. The highest BCUT2D eigenvalue weighted by Crippen LogP contribution is 2.29. The maximum Gasteiger partial charge on any atom is 0.0771 e. The lowest BCUT2D eigenvalue weighted by Gasteiger charge is -2.28. The second kappa shape index (κ2) is 5.48. The molecule has 94 valence electrons. The van der Waals surface area contributed by atoms with Crippen LogP contribution in [0.3, 0.4) is 0 Å². The van der Waals surface area contributed by atoms with Crippen molar-refractivity contribution in [1.82, 2.24) is 5.32 Å². The molecule has 0 aromatic rings. The highest BCUT2D eigenvalue weighted by molar-refractivity contribution is 4.89. The van der Waals surface area contributed by atoms with Gasteiger partial charge in [-0.15, -0.1) is 0 Å². The minimum atomic E-state index is -0.494. The molecule has 0 spiro atoms. The minimum Gasteiger partial charge on any atom is -0.392 e. The number of aliphatic hydroxyl groups excluding tert-OH is 1. The zero-order valence-corrected chi connectivity index (χ0v) is 10.1. The average molecular weight is 227 g/mol. The van der Waals surface area contributed by atoms with Gasteiger partial charge in [0, 0.05) is 12.6 Å². The summed E-state index contributed by atoms with van der Waals surface area (Å²) in [7, 11) is 0. The third kappa shape index (κ3) is 3.19. The number of hydrogen-bond donors (Lipinski definition) is 3. The standard InChI is InChI=1S/C13H25NO2/c15-12-7-3-1-2-6-11(12)14-10-13(16)8-4-5-9-13/h11-12,14-16H,1-10H2. The van der Waals surface area contributed by atoms with Crippen LogP contribution in [0, 0.1) is 0 Å². The molecule has 0 heterocycles. The molecule has 2 saturated carbocycles. The average Bonchev–Trinajstić information content (AvgIpc) is 2.58. The molecule has 2 rings (SSSR count). The van der Waals surface area contributed by atoms with Gasteiger partial charge in [-0.3, -0.25) is 0 Å². The molecule has 3 heteroatoms. The van der Waals surface area contributed by atoms with Crippen LogP contribution < -0.4 is 5.32 Å². The van der Waals surface area contributed by atoms with Gasteiger partial charge < -0.3 is 15.5 Å². The van der Waals surface area contributed by atoms with Gasteiger partial charge in [0.15, 0.2) is 0 Å². The Hall–Kier alpha value is -0.120. The fraction of sp³-hybridized carbons (Fsp3) is 1.00. The van der Waals surface area contributed by atoms with E-state index in [-0.39, 0.29) is 12.1 Å². The van der Waals surface area contributed by atoms with Crippen LogP contribution in [-0.4, -0.2) is 34.5 Å². The van der Waals surface area contributed by atoms with E-state index in [4.69, 9.17) is 0 Å². The van der Waals surface area contributed by atoms with Crippen LogP contribution in [-0.2, 0) is 0 Å². The van der Waals surface area contributed by atoms with Crippen molar-refractivity contribution >= 4 is 0 Å². The van der Waals surface area contributed by atoms with Gasteiger partial charge in [0.2, 0.25) is 0 Å². The van der Waals surface area contributed by atoms with Gasteiger partial charge in [-0.1, -0.05) is 32.1 Å². The van der Waals surface area contributed by atoms with Crippen LogP contribution in [0.5, 0.6) is 0 Å². The van der Waals surface area contributed by atoms with Crippen molar-refractivity contribution in [2.75, 3.05) is 6.54 Å². The van der Waals surface area contributed by atoms with Crippen molar-refractivity contribution in [3.8, 4) is 0 Å². The summed E-state index contributed by atoms with van der Waals surface area (Å²) in [6, 6.07) is 0.201. The Bertz CT molecular complexity index is 214. The smallest absolute Gasteiger partial charge is 0.0771 e. The third-order valence-corrected chi connectivity index (χ3v) is 4.21. The normalized spacial score (nSPS) is 34.9. The van der Waals surface area contributed by atoms with Crippen molar-refractivity contribution in [2.45, 2.75) is 75.5 Å². The Kier molecular flexibility index (Phi) is 4.22. The van der Waals surface area contributed by atoms with Crippen molar-refractivity contribution in [3.05, 3.63) is 0 Å². The Morgan fingerprint density at radius 3 is 2.44 bits per heavy atom. The fourth-order valence-corrected chi connectivity index (χ4v) is 3.06. The first-order chi connectivity index (χ1) is 7.70. The molecular formula is C13H25NO2. The largest absolute Gasteiger partial charge is 0.392 e. The van der Waals surface area contributed by atoms with E-state index in [1.54, 1.807) is 0 Å². The van der Waals surface area contributed by atoms with Gasteiger partial charge in [-0.05, 0) is 25.7 Å². The number of rotatable bonds is 3. The highest BCUT2D eigenvalue weighted by atomic mass is 16.3. The molecule has 16 heavy (non-hydrogen) atoms. The summed E-state index contributed by atoms with van der Waals surface area (Å²) in [6.07, 6.45) is 9.46. The van der Waals surface area contributed by atoms with E-state index in [1.807, 2.05) is 0 Å². The summed E-state index contributed by atoms with van der Waals surface area (Å²) in [5, 5.41) is 23.6. The van der Waals surface area contributed by atoms with Crippen LogP contribution in [0.25, 0.3) is 0 Å². The molecule has 0 amide bonds. The van der Waals surface area contributed by atoms with Gasteiger partial charge >= 0.3 is 0 Å². The minimum absolute atomic E-state index is 0.201. The topological polar surface area (TPSA) is 52.5 Å². The predicted molar refractivity (Wildman–Crippen MR) is 64.3 cm³/mol. The summed E-state index contributed by atoms with van der Waals surface area (Å²) >= 11 is 0. The van der Waals surface area contributed by atoms with Crippen LogP contribution in [0.15, 0.2) is 0 Å². The quantitative estimate of drug-likeness (QED) is 0.642. The van der Waals surface area contributed by atoms with E-state index < -0.39 is 5.60 Å². The number of nitrogens with one attached hydrogen (secondary N) is 1. The van der Waals surface area contributed by atoms with E-state index in [0.717, 1.165) is 44.9 Å². The SMILES string of the molecule is OC1CCCCCC1NCC1(O)CCCC1. The lowest BCUT2D eigenvalue weighted by molar-refractivity contribution is 0.0345. The molecule has 2 unspecified atom stereocenters. The van der Waals surface area contributed by atoms with E-state index in [0.29, 0.717) is 6.54 Å². The Morgan fingerprint density at radius 2 is 1.69 bits per heavy atom. The third-order valence-electron chi connectivity index (χ3n) is 4.21. The summed E-state index contributed by atoms with van der Waals surface area (Å²) in [5.41, 5.74) is -0.494. The molecule has 0 aromatic carbocycles. The molecule has 2 fully saturated rings. The van der Waals surface area contributed by atoms with Gasteiger partial charge in [-0.2, -0.15) is 0 Å². The molecule has 0 aliphatic heterocycles. The highest BCUT2D eigenvalue weighted by Gasteiger charge is 2.32. The molecule has 0 bridgehead atoms. The molecule has 2 atom stereocenters. The first-order valence-electron chi connectivity index (χ1n) is 6.83. The molecule has 2 aliphatic carbocycles. The molecule has 3 nitrogen and oxygen atoms in total. The van der Waals surface area contributed by atoms with Crippen molar-refractivity contribution in [2.24, 2.45) is 0 Å². The molecular weight excluding hydrogens is 202 g/mol. The van der Waals surface area contributed by atoms with Crippen LogP contribution in [0.2, 0.25) is 0 Å². The van der Waals surface area contributed by atoms with E-state index in [1.165, 1.54) is 12.8 Å². The van der Waals surface area contributed by atoms with Gasteiger partial charge in [0.05, 0.1) is 11.7 Å². The second-order valence-corrected chi connectivity index (χ2v) is 5.62. The number of aliphatic hydroxyl groups is 2. The van der Waals surface area contributed by atoms with Crippen molar-refractivity contribution in [1.29, 1.82) is 0 Å². The van der Waals surface area contributed by atoms with Crippen LogP contribution >= 0.6 is 0 Å². The monoisotopic (exact) mass is 227 g/mol. The summed E-state index contributed by atoms with van der Waals surface area (Å²) in [4.78, 5) is 0. The van der Waals surface area contributed by atoms with Crippen molar-refractivity contribution in [3.63, 3.8) is 0 Å². The second-order valence-electron chi connectivity index (χ2n) is 5.62. The van der Waals surface area contributed by atoms with E-state index >= 15 is 0 Å². The van der Waals surface area contributed by atoms with E-state index in [2.05, 4.69) is 5.32 Å². The lowest BCUT2D eigenvalue weighted by Crippen LogP contribution is -2.47. The lowest BCUT2D eigenvalue weighted by atomic mass is 10.00. The van der Waals surface area contributed by atoms with Gasteiger partial charge in [0.1, 0.15) is 0 Å². The Morgan fingerprint density at radius 1 is 1.00 bits per heavy atom. The zero-order valence-electron chi connectivity index (χ0n) is 10.1. The first kappa shape index (κ1) is 12.3. The molecule has 2 aliphatic rings. The summed E-state index contributed by atoms with van der Waals surface area (Å²) in [6.45, 7) is 0.661. The molecule has 0 radical (unpaired) electrons. The summed E-state index contributed by atoms with van der Waals surface area (Å²) in [5.74, 6) is 0. The predicted octanol–water partition coefficient (Wildman–Crippen LogP) is 1.57. The molecule has 0 aromatic heterocycles. The maximum absolute atomic E-state index is 10.2. The van der Waals surface area contributed by atoms with Gasteiger partial charge in [0.25, 0.3) is 0 Å². The summed E-state index contributed by atoms with van der Waals surface area (Å²) < 4.78 is 0. The van der Waals surface area contributed by atoms with Gasteiger partial charge in [-0.25, -0.2) is 0 Å².